The average Bonchev–Trinajstić information content (AvgIpc) is 3.30. The van der Waals surface area contributed by atoms with Crippen molar-refractivity contribution in [1.29, 1.82) is 5.26 Å². The van der Waals surface area contributed by atoms with E-state index in [9.17, 15) is 14.0 Å². The number of rotatable bonds is 5. The van der Waals surface area contributed by atoms with Crippen LogP contribution in [0, 0.1) is 17.1 Å². The van der Waals surface area contributed by atoms with Gasteiger partial charge in [0.25, 0.3) is 0 Å². The fourth-order valence-electron chi connectivity index (χ4n) is 2.95. The van der Waals surface area contributed by atoms with E-state index >= 15 is 0 Å². The molecule has 0 unspecified atom stereocenters. The number of aryl methyl sites for hydroxylation is 1. The van der Waals surface area contributed by atoms with E-state index in [4.69, 9.17) is 0 Å². The quantitative estimate of drug-likeness (QED) is 0.542. The number of aromatic nitrogens is 5. The van der Waals surface area contributed by atoms with Crippen molar-refractivity contribution >= 4 is 5.65 Å². The minimum absolute atomic E-state index is 0.310. The van der Waals surface area contributed by atoms with Gasteiger partial charge in [-0.25, -0.2) is 18.9 Å². The van der Waals surface area contributed by atoms with Gasteiger partial charge in [0, 0.05) is 12.1 Å². The summed E-state index contributed by atoms with van der Waals surface area (Å²) in [6.07, 6.45) is 3.41. The molecule has 0 amide bonds. The van der Waals surface area contributed by atoms with Crippen molar-refractivity contribution in [2.75, 3.05) is 6.67 Å². The van der Waals surface area contributed by atoms with Crippen LogP contribution in [0.2, 0.25) is 0 Å². The maximum atomic E-state index is 13.3. The van der Waals surface area contributed by atoms with Gasteiger partial charge in [-0.05, 0) is 42.8 Å². The average molecular weight is 364 g/mol. The van der Waals surface area contributed by atoms with E-state index in [1.54, 1.807) is 30.6 Å². The highest BCUT2D eigenvalue weighted by molar-refractivity contribution is 5.77. The van der Waals surface area contributed by atoms with Crippen molar-refractivity contribution in [3.8, 4) is 28.7 Å². The second-order valence-electron chi connectivity index (χ2n) is 5.93. The summed E-state index contributed by atoms with van der Waals surface area (Å²) < 4.78 is 29.3. The van der Waals surface area contributed by atoms with Crippen LogP contribution >= 0.6 is 0 Å². The molecule has 4 aromatic rings. The number of alkyl halides is 1. The van der Waals surface area contributed by atoms with E-state index in [-0.39, 0.29) is 5.82 Å². The number of fused-ring (bicyclic) bond motifs is 1. The Hall–Kier alpha value is -3.60. The van der Waals surface area contributed by atoms with E-state index in [1.165, 1.54) is 22.8 Å². The first-order valence-electron chi connectivity index (χ1n) is 8.33. The molecule has 8 heteroatoms. The van der Waals surface area contributed by atoms with Gasteiger partial charge in [-0.15, -0.1) is 0 Å². The Kier molecular flexibility index (Phi) is 4.34. The number of nitrogens with zero attached hydrogens (tertiary/aromatic N) is 6. The molecular formula is C19H14F2N6. The lowest BCUT2D eigenvalue weighted by molar-refractivity contribution is 0.447. The number of halogens is 2. The largest absolute Gasteiger partial charge is 0.329 e. The van der Waals surface area contributed by atoms with Gasteiger partial charge in [-0.2, -0.15) is 10.4 Å². The molecule has 0 N–H and O–H groups in total. The fraction of sp³-hybridized carbons (Fsp3) is 0.158. The van der Waals surface area contributed by atoms with Crippen molar-refractivity contribution in [1.82, 2.24) is 24.1 Å². The van der Waals surface area contributed by atoms with Crippen molar-refractivity contribution in [3.05, 3.63) is 60.4 Å². The number of hydrogen-bond donors (Lipinski definition) is 0. The summed E-state index contributed by atoms with van der Waals surface area (Å²) in [4.78, 5) is 8.58. The molecule has 3 aromatic heterocycles. The molecule has 0 aliphatic heterocycles. The topological polar surface area (TPSA) is 71.8 Å². The molecule has 6 nitrogen and oxygen atoms in total. The third-order valence-corrected chi connectivity index (χ3v) is 4.21. The van der Waals surface area contributed by atoms with Crippen LogP contribution in [0.4, 0.5) is 8.78 Å². The van der Waals surface area contributed by atoms with E-state index in [1.807, 2.05) is 10.6 Å². The standard InChI is InChI=1S/C19H14F2N6/c20-8-1-9-26-12-24-18(13-2-4-14(21)5-3-13)19(26)16-6-7-17-23-11-15(10-22)27(17)25-16/h2-7,11-12H,1,8-9H2. The zero-order chi connectivity index (χ0) is 18.8. The maximum absolute atomic E-state index is 13.3. The molecule has 0 saturated carbocycles. The minimum atomic E-state index is -0.448. The number of imidazole rings is 2. The summed E-state index contributed by atoms with van der Waals surface area (Å²) in [6.45, 7) is -0.0230. The van der Waals surface area contributed by atoms with Crippen LogP contribution in [0.15, 0.2) is 48.9 Å². The van der Waals surface area contributed by atoms with Gasteiger partial charge in [-0.3, -0.25) is 4.39 Å². The first-order valence-corrected chi connectivity index (χ1v) is 8.33. The zero-order valence-corrected chi connectivity index (χ0v) is 14.2. The summed E-state index contributed by atoms with van der Waals surface area (Å²) in [5, 5.41) is 13.8. The van der Waals surface area contributed by atoms with Gasteiger partial charge in [0.2, 0.25) is 0 Å². The maximum Gasteiger partial charge on any atom is 0.162 e. The first kappa shape index (κ1) is 16.8. The van der Waals surface area contributed by atoms with Crippen molar-refractivity contribution in [2.45, 2.75) is 13.0 Å². The van der Waals surface area contributed by atoms with Gasteiger partial charge < -0.3 is 4.57 Å². The third kappa shape index (κ3) is 3.04. The van der Waals surface area contributed by atoms with Crippen molar-refractivity contribution in [2.24, 2.45) is 0 Å². The van der Waals surface area contributed by atoms with Gasteiger partial charge >= 0.3 is 0 Å². The molecular weight excluding hydrogens is 350 g/mol. The molecule has 1 aromatic carbocycles. The molecule has 27 heavy (non-hydrogen) atoms. The second-order valence-corrected chi connectivity index (χ2v) is 5.93. The molecule has 0 bridgehead atoms. The van der Waals surface area contributed by atoms with E-state index in [0.29, 0.717) is 41.4 Å². The summed E-state index contributed by atoms with van der Waals surface area (Å²) in [5.74, 6) is -0.339. The summed E-state index contributed by atoms with van der Waals surface area (Å²) >= 11 is 0. The van der Waals surface area contributed by atoms with Crippen LogP contribution in [0.1, 0.15) is 12.1 Å². The second kappa shape index (κ2) is 6.96. The van der Waals surface area contributed by atoms with Crippen molar-refractivity contribution in [3.63, 3.8) is 0 Å². The minimum Gasteiger partial charge on any atom is -0.329 e. The lowest BCUT2D eigenvalue weighted by Gasteiger charge is -2.10. The molecule has 0 saturated heterocycles. The van der Waals surface area contributed by atoms with Crippen LogP contribution < -0.4 is 0 Å². The predicted octanol–water partition coefficient (Wildman–Crippen LogP) is 3.63. The zero-order valence-electron chi connectivity index (χ0n) is 14.2. The number of hydrogen-bond acceptors (Lipinski definition) is 4. The third-order valence-electron chi connectivity index (χ3n) is 4.21. The highest BCUT2D eigenvalue weighted by Crippen LogP contribution is 2.30. The number of nitriles is 1. The van der Waals surface area contributed by atoms with Gasteiger partial charge in [0.1, 0.15) is 17.6 Å². The first-order chi connectivity index (χ1) is 13.2. The van der Waals surface area contributed by atoms with Gasteiger partial charge in [0.05, 0.1) is 30.6 Å². The monoisotopic (exact) mass is 364 g/mol. The van der Waals surface area contributed by atoms with Crippen LogP contribution in [0.5, 0.6) is 0 Å². The molecule has 0 radical (unpaired) electrons. The van der Waals surface area contributed by atoms with Crippen molar-refractivity contribution < 1.29 is 8.78 Å². The Morgan fingerprint density at radius 2 is 1.89 bits per heavy atom. The summed E-state index contributed by atoms with van der Waals surface area (Å²) in [5.41, 5.74) is 3.43. The Bertz CT molecular complexity index is 1140. The van der Waals surface area contributed by atoms with E-state index in [2.05, 4.69) is 15.1 Å². The smallest absolute Gasteiger partial charge is 0.162 e. The molecule has 3 heterocycles. The highest BCUT2D eigenvalue weighted by atomic mass is 19.1. The Balaban J connectivity index is 1.90. The SMILES string of the molecule is N#Cc1cnc2ccc(-c3c(-c4ccc(F)cc4)ncn3CCCF)nn12. The van der Waals surface area contributed by atoms with Crippen LogP contribution in [-0.2, 0) is 6.54 Å². The molecule has 0 spiro atoms. The van der Waals surface area contributed by atoms with Gasteiger partial charge in [-0.1, -0.05) is 0 Å². The molecule has 0 fully saturated rings. The van der Waals surface area contributed by atoms with E-state index in [0.717, 1.165) is 5.56 Å². The molecule has 4 rings (SSSR count). The molecule has 134 valence electrons. The predicted molar refractivity (Wildman–Crippen MR) is 94.9 cm³/mol. The summed E-state index contributed by atoms with van der Waals surface area (Å²) in [6, 6.07) is 11.6. The molecule has 0 atom stereocenters. The lowest BCUT2D eigenvalue weighted by Crippen LogP contribution is -2.04. The normalized spacial score (nSPS) is 11.0. The lowest BCUT2D eigenvalue weighted by atomic mass is 10.1. The molecule has 0 aliphatic carbocycles. The van der Waals surface area contributed by atoms with Crippen LogP contribution in [-0.4, -0.2) is 30.8 Å². The Morgan fingerprint density at radius 3 is 2.63 bits per heavy atom. The fourth-order valence-corrected chi connectivity index (χ4v) is 2.95. The number of benzene rings is 1. The van der Waals surface area contributed by atoms with E-state index < -0.39 is 6.67 Å². The van der Waals surface area contributed by atoms with Crippen LogP contribution in [0.25, 0.3) is 28.3 Å². The van der Waals surface area contributed by atoms with Gasteiger partial charge in [0.15, 0.2) is 11.3 Å². The van der Waals surface area contributed by atoms with Crippen LogP contribution in [0.3, 0.4) is 0 Å². The Morgan fingerprint density at radius 1 is 1.07 bits per heavy atom. The highest BCUT2D eigenvalue weighted by Gasteiger charge is 2.18. The molecule has 0 aliphatic rings. The summed E-state index contributed by atoms with van der Waals surface area (Å²) in [7, 11) is 0. The Labute approximate surface area is 153 Å².